The van der Waals surface area contributed by atoms with Crippen molar-refractivity contribution in [3.63, 3.8) is 0 Å². The van der Waals surface area contributed by atoms with Crippen LogP contribution in [0.1, 0.15) is 12.5 Å². The third-order valence-electron chi connectivity index (χ3n) is 1.76. The summed E-state index contributed by atoms with van der Waals surface area (Å²) in [5, 5.41) is 0. The molecule has 0 aliphatic heterocycles. The van der Waals surface area contributed by atoms with E-state index in [1.807, 2.05) is 25.3 Å². The van der Waals surface area contributed by atoms with Gasteiger partial charge in [-0.3, -0.25) is 4.98 Å². The van der Waals surface area contributed by atoms with Crippen LogP contribution >= 0.6 is 0 Å². The first-order valence-electron chi connectivity index (χ1n) is 4.55. The molecule has 0 fully saturated rings. The quantitative estimate of drug-likeness (QED) is 0.735. The minimum absolute atomic E-state index is 0.0733. The van der Waals surface area contributed by atoms with E-state index in [1.165, 1.54) is 0 Å². The highest BCUT2D eigenvalue weighted by Gasteiger charge is 2.03. The number of hydrogen-bond acceptors (Lipinski definition) is 3. The molecular formula is C10H16N2O. The normalized spacial score (nSPS) is 12.8. The van der Waals surface area contributed by atoms with Crippen LogP contribution in [-0.4, -0.2) is 24.2 Å². The van der Waals surface area contributed by atoms with E-state index < -0.39 is 0 Å². The topological polar surface area (TPSA) is 48.1 Å². The first kappa shape index (κ1) is 10.2. The molecule has 1 aromatic rings. The molecule has 3 heteroatoms. The predicted octanol–water partition coefficient (Wildman–Crippen LogP) is 0.988. The van der Waals surface area contributed by atoms with Gasteiger partial charge in [0.25, 0.3) is 0 Å². The molecule has 1 aromatic heterocycles. The lowest BCUT2D eigenvalue weighted by atomic mass is 10.1. The van der Waals surface area contributed by atoms with Crippen molar-refractivity contribution in [1.29, 1.82) is 0 Å². The number of aromatic nitrogens is 1. The standard InChI is InChI=1S/C10H16N2O/c1-2-13-8-10(11)6-9-4-3-5-12-7-9/h3-5,7,10H,2,6,8,11H2,1H3. The zero-order chi connectivity index (χ0) is 9.52. The SMILES string of the molecule is CCOCC(N)Cc1cccnc1. The Morgan fingerprint density at radius 1 is 1.62 bits per heavy atom. The number of nitrogens with zero attached hydrogens (tertiary/aromatic N) is 1. The molecule has 1 rings (SSSR count). The lowest BCUT2D eigenvalue weighted by Gasteiger charge is -2.10. The average molecular weight is 180 g/mol. The van der Waals surface area contributed by atoms with E-state index in [4.69, 9.17) is 10.5 Å². The van der Waals surface area contributed by atoms with E-state index in [0.29, 0.717) is 6.61 Å². The van der Waals surface area contributed by atoms with E-state index in [9.17, 15) is 0 Å². The number of ether oxygens (including phenoxy) is 1. The highest BCUT2D eigenvalue weighted by molar-refractivity contribution is 5.09. The van der Waals surface area contributed by atoms with Gasteiger partial charge in [0, 0.05) is 25.0 Å². The van der Waals surface area contributed by atoms with Gasteiger partial charge in [-0.05, 0) is 25.0 Å². The minimum atomic E-state index is 0.0733. The zero-order valence-electron chi connectivity index (χ0n) is 7.94. The van der Waals surface area contributed by atoms with Crippen LogP contribution in [0.15, 0.2) is 24.5 Å². The smallest absolute Gasteiger partial charge is 0.0620 e. The second-order valence-electron chi connectivity index (χ2n) is 2.98. The third kappa shape index (κ3) is 4.01. The number of nitrogens with two attached hydrogens (primary N) is 1. The second-order valence-corrected chi connectivity index (χ2v) is 2.98. The summed E-state index contributed by atoms with van der Waals surface area (Å²) in [5.74, 6) is 0. The van der Waals surface area contributed by atoms with Crippen LogP contribution in [0, 0.1) is 0 Å². The molecule has 13 heavy (non-hydrogen) atoms. The number of pyridine rings is 1. The van der Waals surface area contributed by atoms with Crippen molar-refractivity contribution in [2.75, 3.05) is 13.2 Å². The Bertz CT molecular complexity index is 226. The van der Waals surface area contributed by atoms with Gasteiger partial charge in [0.1, 0.15) is 0 Å². The van der Waals surface area contributed by atoms with E-state index in [0.717, 1.165) is 18.6 Å². The first-order valence-corrected chi connectivity index (χ1v) is 4.55. The lowest BCUT2D eigenvalue weighted by molar-refractivity contribution is 0.133. The number of rotatable bonds is 5. The molecule has 0 radical (unpaired) electrons. The summed E-state index contributed by atoms with van der Waals surface area (Å²) >= 11 is 0. The zero-order valence-corrected chi connectivity index (χ0v) is 7.94. The first-order chi connectivity index (χ1) is 6.33. The summed E-state index contributed by atoms with van der Waals surface area (Å²) in [6.45, 7) is 3.31. The second kappa shape index (κ2) is 5.67. The van der Waals surface area contributed by atoms with Crippen molar-refractivity contribution in [2.45, 2.75) is 19.4 Å². The molecule has 0 spiro atoms. The van der Waals surface area contributed by atoms with Gasteiger partial charge in [-0.15, -0.1) is 0 Å². The van der Waals surface area contributed by atoms with Crippen LogP contribution in [0.25, 0.3) is 0 Å². The van der Waals surface area contributed by atoms with Gasteiger partial charge in [-0.1, -0.05) is 6.07 Å². The number of hydrogen-bond donors (Lipinski definition) is 1. The van der Waals surface area contributed by atoms with Crippen LogP contribution in [0.3, 0.4) is 0 Å². The molecule has 0 aliphatic rings. The molecule has 0 aromatic carbocycles. The van der Waals surface area contributed by atoms with Crippen molar-refractivity contribution < 1.29 is 4.74 Å². The molecule has 0 saturated carbocycles. The minimum Gasteiger partial charge on any atom is -0.380 e. The highest BCUT2D eigenvalue weighted by atomic mass is 16.5. The Morgan fingerprint density at radius 2 is 2.46 bits per heavy atom. The largest absolute Gasteiger partial charge is 0.380 e. The van der Waals surface area contributed by atoms with Crippen LogP contribution in [0.4, 0.5) is 0 Å². The van der Waals surface area contributed by atoms with Crippen LogP contribution in [-0.2, 0) is 11.2 Å². The van der Waals surface area contributed by atoms with Crippen LogP contribution in [0.5, 0.6) is 0 Å². The fourth-order valence-electron chi connectivity index (χ4n) is 1.15. The van der Waals surface area contributed by atoms with Gasteiger partial charge in [-0.2, -0.15) is 0 Å². The summed E-state index contributed by atoms with van der Waals surface area (Å²) in [6.07, 6.45) is 4.43. The summed E-state index contributed by atoms with van der Waals surface area (Å²) in [4.78, 5) is 4.02. The molecule has 1 atom stereocenters. The van der Waals surface area contributed by atoms with Crippen molar-refractivity contribution >= 4 is 0 Å². The summed E-state index contributed by atoms with van der Waals surface area (Å²) < 4.78 is 5.22. The summed E-state index contributed by atoms with van der Waals surface area (Å²) in [5.41, 5.74) is 7.00. The maximum atomic E-state index is 5.84. The van der Waals surface area contributed by atoms with E-state index in [2.05, 4.69) is 4.98 Å². The Kier molecular flexibility index (Phi) is 4.43. The van der Waals surface area contributed by atoms with Gasteiger partial charge in [0.05, 0.1) is 6.61 Å². The molecule has 0 saturated heterocycles. The van der Waals surface area contributed by atoms with Crippen molar-refractivity contribution in [2.24, 2.45) is 5.73 Å². The Balaban J connectivity index is 2.32. The molecular weight excluding hydrogens is 164 g/mol. The lowest BCUT2D eigenvalue weighted by Crippen LogP contribution is -2.28. The fraction of sp³-hybridized carbons (Fsp3) is 0.500. The Hall–Kier alpha value is -0.930. The van der Waals surface area contributed by atoms with Gasteiger partial charge in [0.15, 0.2) is 0 Å². The van der Waals surface area contributed by atoms with Gasteiger partial charge < -0.3 is 10.5 Å². The Morgan fingerprint density at radius 3 is 3.08 bits per heavy atom. The van der Waals surface area contributed by atoms with Gasteiger partial charge in [-0.25, -0.2) is 0 Å². The van der Waals surface area contributed by atoms with Crippen LogP contribution < -0.4 is 5.73 Å². The van der Waals surface area contributed by atoms with E-state index in [1.54, 1.807) is 6.20 Å². The van der Waals surface area contributed by atoms with Gasteiger partial charge in [0.2, 0.25) is 0 Å². The fourth-order valence-corrected chi connectivity index (χ4v) is 1.15. The molecule has 72 valence electrons. The Labute approximate surface area is 78.9 Å². The molecule has 2 N–H and O–H groups in total. The van der Waals surface area contributed by atoms with E-state index >= 15 is 0 Å². The molecule has 3 nitrogen and oxygen atoms in total. The van der Waals surface area contributed by atoms with Crippen LogP contribution in [0.2, 0.25) is 0 Å². The van der Waals surface area contributed by atoms with Gasteiger partial charge >= 0.3 is 0 Å². The molecule has 0 bridgehead atoms. The maximum absolute atomic E-state index is 5.84. The monoisotopic (exact) mass is 180 g/mol. The van der Waals surface area contributed by atoms with E-state index in [-0.39, 0.29) is 6.04 Å². The molecule has 0 amide bonds. The van der Waals surface area contributed by atoms with Crippen molar-refractivity contribution in [3.05, 3.63) is 30.1 Å². The molecule has 0 aliphatic carbocycles. The molecule has 1 heterocycles. The third-order valence-corrected chi connectivity index (χ3v) is 1.76. The summed E-state index contributed by atoms with van der Waals surface area (Å²) in [7, 11) is 0. The summed E-state index contributed by atoms with van der Waals surface area (Å²) in [6, 6.07) is 4.02. The van der Waals surface area contributed by atoms with Crippen molar-refractivity contribution in [3.8, 4) is 0 Å². The van der Waals surface area contributed by atoms with Crippen molar-refractivity contribution in [1.82, 2.24) is 4.98 Å². The average Bonchev–Trinajstić information content (AvgIpc) is 2.16. The maximum Gasteiger partial charge on any atom is 0.0620 e. The predicted molar refractivity (Wildman–Crippen MR) is 52.4 cm³/mol. The highest BCUT2D eigenvalue weighted by Crippen LogP contribution is 1.99. The molecule has 1 unspecified atom stereocenters.